The summed E-state index contributed by atoms with van der Waals surface area (Å²) in [7, 11) is -3.92. The number of sulfonamides is 1. The van der Waals surface area contributed by atoms with Crippen molar-refractivity contribution in [3.63, 3.8) is 0 Å². The summed E-state index contributed by atoms with van der Waals surface area (Å²) < 4.78 is 43.5. The van der Waals surface area contributed by atoms with Gasteiger partial charge in [-0.1, -0.05) is 23.7 Å². The van der Waals surface area contributed by atoms with Gasteiger partial charge in [-0.2, -0.15) is 0 Å². The van der Waals surface area contributed by atoms with E-state index in [0.29, 0.717) is 29.5 Å². The molecule has 1 aliphatic heterocycles. The minimum Gasteiger partial charge on any atom is -0.484 e. The maximum absolute atomic E-state index is 14.2. The molecule has 2 aromatic carbocycles. The van der Waals surface area contributed by atoms with Gasteiger partial charge >= 0.3 is 0 Å². The molecule has 0 amide bonds. The molecule has 3 N–H and O–H groups in total. The molecule has 6 nitrogen and oxygen atoms in total. The van der Waals surface area contributed by atoms with Gasteiger partial charge in [0.25, 0.3) is 0 Å². The van der Waals surface area contributed by atoms with E-state index in [-0.39, 0.29) is 15.7 Å². The summed E-state index contributed by atoms with van der Waals surface area (Å²) >= 11 is 6.08. The number of nitrogens with zero attached hydrogens (tertiary/aromatic N) is 1. The zero-order valence-electron chi connectivity index (χ0n) is 16.4. The number of hydrogen-bond donors (Lipinski definition) is 2. The smallest absolute Gasteiger partial charge is 0.239 e. The Hall–Kier alpha value is -1.71. The zero-order chi connectivity index (χ0) is 21.2. The minimum absolute atomic E-state index is 0.0189. The van der Waals surface area contributed by atoms with E-state index in [9.17, 15) is 12.8 Å². The first-order valence-electron chi connectivity index (χ1n) is 9.34. The van der Waals surface area contributed by atoms with Crippen molar-refractivity contribution in [2.75, 3.05) is 26.2 Å². The van der Waals surface area contributed by atoms with E-state index in [1.54, 1.807) is 13.0 Å². The van der Waals surface area contributed by atoms with Crippen LogP contribution in [0.15, 0.2) is 41.3 Å². The quantitative estimate of drug-likeness (QED) is 0.720. The van der Waals surface area contributed by atoms with Crippen LogP contribution in [0.2, 0.25) is 5.02 Å². The van der Waals surface area contributed by atoms with Crippen molar-refractivity contribution in [2.45, 2.75) is 30.9 Å². The number of benzene rings is 2. The molecule has 0 aromatic heterocycles. The summed E-state index contributed by atoms with van der Waals surface area (Å²) in [5.41, 5.74) is 1.26. The Morgan fingerprint density at radius 2 is 2.10 bits per heavy atom. The number of piperazine rings is 1. The fourth-order valence-corrected chi connectivity index (χ4v) is 4.46. The van der Waals surface area contributed by atoms with Crippen LogP contribution in [-0.2, 0) is 10.0 Å². The lowest BCUT2D eigenvalue weighted by atomic mass is 10.1. The Morgan fingerprint density at radius 1 is 1.34 bits per heavy atom. The highest BCUT2D eigenvalue weighted by Gasteiger charge is 2.23. The first kappa shape index (κ1) is 22.0. The summed E-state index contributed by atoms with van der Waals surface area (Å²) in [4.78, 5) is 2.09. The molecule has 1 heterocycles. The highest BCUT2D eigenvalue weighted by atomic mass is 35.5. The van der Waals surface area contributed by atoms with Crippen LogP contribution in [0, 0.1) is 12.7 Å². The highest BCUT2D eigenvalue weighted by Crippen LogP contribution is 2.30. The summed E-state index contributed by atoms with van der Waals surface area (Å²) in [6.07, 6.45) is -0.452. The average Bonchev–Trinajstić information content (AvgIpc) is 2.62. The molecule has 1 aliphatic rings. The molecule has 0 bridgehead atoms. The van der Waals surface area contributed by atoms with Crippen molar-refractivity contribution in [1.82, 2.24) is 10.2 Å². The molecule has 9 heteroatoms. The molecule has 1 fully saturated rings. The van der Waals surface area contributed by atoms with Gasteiger partial charge in [0.2, 0.25) is 10.0 Å². The van der Waals surface area contributed by atoms with Gasteiger partial charge < -0.3 is 10.1 Å². The molecule has 1 unspecified atom stereocenters. The number of nitrogens with one attached hydrogen (secondary N) is 1. The first-order valence-corrected chi connectivity index (χ1v) is 11.3. The van der Waals surface area contributed by atoms with Crippen molar-refractivity contribution in [1.29, 1.82) is 0 Å². The second-order valence-electron chi connectivity index (χ2n) is 7.37. The fraction of sp³-hybridized carbons (Fsp3) is 0.400. The molecule has 0 aliphatic carbocycles. The monoisotopic (exact) mass is 441 g/mol. The van der Waals surface area contributed by atoms with Crippen LogP contribution in [0.5, 0.6) is 5.75 Å². The van der Waals surface area contributed by atoms with E-state index in [4.69, 9.17) is 21.5 Å². The summed E-state index contributed by atoms with van der Waals surface area (Å²) in [6, 6.07) is 9.62. The molecular weight excluding hydrogens is 417 g/mol. The van der Waals surface area contributed by atoms with Gasteiger partial charge in [-0.05, 0) is 43.2 Å². The van der Waals surface area contributed by atoms with Crippen LogP contribution in [0.1, 0.15) is 24.2 Å². The number of rotatable bonds is 6. The Kier molecular flexibility index (Phi) is 6.80. The number of nitrogens with two attached hydrogens (primary N) is 1. The molecular formula is C20H25ClFN3O3S. The van der Waals surface area contributed by atoms with Gasteiger partial charge in [0.05, 0.1) is 5.02 Å². The average molecular weight is 442 g/mol. The molecule has 3 rings (SSSR count). The van der Waals surface area contributed by atoms with Crippen LogP contribution in [0.3, 0.4) is 0 Å². The maximum Gasteiger partial charge on any atom is 0.239 e. The zero-order valence-corrected chi connectivity index (χ0v) is 17.9. The van der Waals surface area contributed by atoms with Gasteiger partial charge in [-0.25, -0.2) is 17.9 Å². The van der Waals surface area contributed by atoms with Crippen molar-refractivity contribution in [2.24, 2.45) is 5.14 Å². The number of primary sulfonamides is 1. The van der Waals surface area contributed by atoms with E-state index >= 15 is 0 Å². The molecule has 2 aromatic rings. The van der Waals surface area contributed by atoms with Crippen LogP contribution >= 0.6 is 11.6 Å². The molecule has 0 radical (unpaired) electrons. The number of hydrogen-bond acceptors (Lipinski definition) is 5. The lowest BCUT2D eigenvalue weighted by Crippen LogP contribution is -2.50. The second kappa shape index (κ2) is 8.97. The Balaban J connectivity index is 1.88. The van der Waals surface area contributed by atoms with Gasteiger partial charge in [0.1, 0.15) is 22.6 Å². The topological polar surface area (TPSA) is 84.7 Å². The van der Waals surface area contributed by atoms with Crippen LogP contribution in [-0.4, -0.2) is 45.5 Å². The number of halogens is 2. The van der Waals surface area contributed by atoms with E-state index in [0.717, 1.165) is 19.6 Å². The summed E-state index contributed by atoms with van der Waals surface area (Å²) in [5.74, 6) is 0.0870. The Labute approximate surface area is 175 Å². The third-order valence-corrected chi connectivity index (χ3v) is 6.33. The van der Waals surface area contributed by atoms with E-state index < -0.39 is 16.1 Å². The van der Waals surface area contributed by atoms with Crippen molar-refractivity contribution in [3.05, 3.63) is 58.4 Å². The largest absolute Gasteiger partial charge is 0.484 e. The van der Waals surface area contributed by atoms with E-state index in [1.807, 2.05) is 6.07 Å². The van der Waals surface area contributed by atoms with Crippen LogP contribution < -0.4 is 15.2 Å². The molecule has 0 saturated carbocycles. The summed E-state index contributed by atoms with van der Waals surface area (Å²) in [6.45, 7) is 6.94. The van der Waals surface area contributed by atoms with Crippen molar-refractivity contribution < 1.29 is 17.5 Å². The standard InChI is InChI=1S/C20H25ClFN3O3S/c1-13-3-4-15(9-18(13)22)19(12-25-8-7-24-14(2)11-25)28-16-5-6-20(17(21)10-16)29(23,26)27/h3-6,9-10,14,19,24H,7-8,11-12H2,1-2H3,(H2,23,26,27)/t14-,19?/m1/s1. The SMILES string of the molecule is Cc1ccc(C(CN2CCN[C@H](C)C2)Oc2ccc(S(N)(=O)=O)c(Cl)c2)cc1F. The van der Waals surface area contributed by atoms with Gasteiger partial charge in [0.15, 0.2) is 0 Å². The van der Waals surface area contributed by atoms with Crippen LogP contribution in [0.4, 0.5) is 4.39 Å². The normalized spacial score (nSPS) is 19.1. The molecule has 29 heavy (non-hydrogen) atoms. The second-order valence-corrected chi connectivity index (χ2v) is 9.30. The molecule has 1 saturated heterocycles. The van der Waals surface area contributed by atoms with Gasteiger partial charge in [-0.3, -0.25) is 4.90 Å². The number of ether oxygens (including phenoxy) is 1. The fourth-order valence-electron chi connectivity index (χ4n) is 3.38. The predicted molar refractivity (Wildman–Crippen MR) is 111 cm³/mol. The van der Waals surface area contributed by atoms with Crippen LogP contribution in [0.25, 0.3) is 0 Å². The highest BCUT2D eigenvalue weighted by molar-refractivity contribution is 7.89. The van der Waals surface area contributed by atoms with Crippen molar-refractivity contribution in [3.8, 4) is 5.75 Å². The minimum atomic E-state index is -3.92. The Bertz CT molecular complexity index is 987. The van der Waals surface area contributed by atoms with Gasteiger partial charge in [0, 0.05) is 38.3 Å². The lowest BCUT2D eigenvalue weighted by molar-refractivity contribution is 0.112. The Morgan fingerprint density at radius 3 is 2.72 bits per heavy atom. The third-order valence-electron chi connectivity index (χ3n) is 4.93. The molecule has 2 atom stereocenters. The van der Waals surface area contributed by atoms with Gasteiger partial charge in [-0.15, -0.1) is 0 Å². The molecule has 0 spiro atoms. The lowest BCUT2D eigenvalue weighted by Gasteiger charge is -2.34. The first-order chi connectivity index (χ1) is 13.6. The van der Waals surface area contributed by atoms with E-state index in [1.165, 1.54) is 24.3 Å². The van der Waals surface area contributed by atoms with Crippen molar-refractivity contribution >= 4 is 21.6 Å². The third kappa shape index (κ3) is 5.67. The van der Waals surface area contributed by atoms with E-state index in [2.05, 4.69) is 17.1 Å². The predicted octanol–water partition coefficient (Wildman–Crippen LogP) is 2.85. The summed E-state index contributed by atoms with van der Waals surface area (Å²) in [5, 5.41) is 8.53. The maximum atomic E-state index is 14.2. The number of aryl methyl sites for hydroxylation is 1. The molecule has 158 valence electrons.